The van der Waals surface area contributed by atoms with Crippen molar-refractivity contribution in [2.24, 2.45) is 4.99 Å². The molecular formula is C10H11ClINO2. The van der Waals surface area contributed by atoms with Gasteiger partial charge in [-0.1, -0.05) is 12.1 Å². The molecule has 0 heterocycles. The predicted octanol–water partition coefficient (Wildman–Crippen LogP) is 2.98. The van der Waals surface area contributed by atoms with E-state index in [0.29, 0.717) is 6.61 Å². The maximum atomic E-state index is 11.0. The van der Waals surface area contributed by atoms with Crippen LogP contribution in [0.25, 0.3) is 0 Å². The van der Waals surface area contributed by atoms with Crippen LogP contribution in [0.3, 0.4) is 0 Å². The minimum Gasteiger partial charge on any atom is -0.462 e. The van der Waals surface area contributed by atoms with Crippen LogP contribution in [0.1, 0.15) is 6.92 Å². The molecule has 0 bridgehead atoms. The molecule has 0 aliphatic heterocycles. The second-order valence-electron chi connectivity index (χ2n) is 2.46. The minimum absolute atomic E-state index is 0. The number of hydrogen-bond donors (Lipinski definition) is 0. The minimum atomic E-state index is -0.410. The van der Waals surface area contributed by atoms with Crippen LogP contribution in [0.5, 0.6) is 0 Å². The molecule has 15 heavy (non-hydrogen) atoms. The molecule has 0 aromatic heterocycles. The Kier molecular flexibility index (Phi) is 7.33. The largest absolute Gasteiger partial charge is 0.462 e. The summed E-state index contributed by atoms with van der Waals surface area (Å²) in [6, 6.07) is 7.57. The molecule has 0 fully saturated rings. The van der Waals surface area contributed by atoms with Crippen LogP contribution in [0.2, 0.25) is 0 Å². The van der Waals surface area contributed by atoms with Gasteiger partial charge in [-0.05, 0) is 41.6 Å². The van der Waals surface area contributed by atoms with Crippen molar-refractivity contribution >= 4 is 52.9 Å². The molecule has 1 aromatic carbocycles. The van der Waals surface area contributed by atoms with E-state index in [1.807, 2.05) is 24.3 Å². The molecule has 0 aliphatic carbocycles. The molecule has 0 aliphatic rings. The number of hydrogen-bond acceptors (Lipinski definition) is 3. The van der Waals surface area contributed by atoms with Crippen molar-refractivity contribution < 1.29 is 9.53 Å². The van der Waals surface area contributed by atoms with Crippen LogP contribution in [0.4, 0.5) is 5.69 Å². The zero-order valence-electron chi connectivity index (χ0n) is 8.14. The number of aliphatic imine (C=N–C) groups is 1. The number of esters is 1. The zero-order chi connectivity index (χ0) is 10.4. The van der Waals surface area contributed by atoms with Gasteiger partial charge >= 0.3 is 5.97 Å². The van der Waals surface area contributed by atoms with Crippen LogP contribution < -0.4 is 0 Å². The zero-order valence-corrected chi connectivity index (χ0v) is 11.1. The second kappa shape index (κ2) is 7.64. The van der Waals surface area contributed by atoms with Crippen molar-refractivity contribution in [3.05, 3.63) is 27.8 Å². The van der Waals surface area contributed by atoms with Gasteiger partial charge in [-0.3, -0.25) is 0 Å². The summed E-state index contributed by atoms with van der Waals surface area (Å²) in [5.41, 5.74) is 0.779. The fraction of sp³-hybridized carbons (Fsp3) is 0.200. The molecule has 3 nitrogen and oxygen atoms in total. The Morgan fingerprint density at radius 2 is 2.20 bits per heavy atom. The summed E-state index contributed by atoms with van der Waals surface area (Å²) in [5.74, 6) is -0.410. The highest BCUT2D eigenvalue weighted by atomic mass is 127. The lowest BCUT2D eigenvalue weighted by atomic mass is 10.3. The third kappa shape index (κ3) is 5.13. The molecule has 0 spiro atoms. The van der Waals surface area contributed by atoms with E-state index in [-0.39, 0.29) is 12.4 Å². The van der Waals surface area contributed by atoms with Gasteiger partial charge in [0.1, 0.15) is 6.21 Å². The number of halogens is 2. The highest BCUT2D eigenvalue weighted by Crippen LogP contribution is 2.19. The van der Waals surface area contributed by atoms with Crippen molar-refractivity contribution in [3.63, 3.8) is 0 Å². The Bertz CT molecular complexity index is 355. The Hall–Kier alpha value is -0.620. The van der Waals surface area contributed by atoms with Crippen molar-refractivity contribution in [1.82, 2.24) is 0 Å². The summed E-state index contributed by atoms with van der Waals surface area (Å²) < 4.78 is 5.72. The first-order chi connectivity index (χ1) is 6.74. The summed E-state index contributed by atoms with van der Waals surface area (Å²) in [5, 5.41) is 0. The molecule has 0 amide bonds. The van der Waals surface area contributed by atoms with Crippen LogP contribution >= 0.6 is 35.0 Å². The molecule has 0 saturated heterocycles. The quantitative estimate of drug-likeness (QED) is 0.482. The molecule has 1 aromatic rings. The summed E-state index contributed by atoms with van der Waals surface area (Å²) in [4.78, 5) is 15.0. The van der Waals surface area contributed by atoms with Crippen molar-refractivity contribution in [1.29, 1.82) is 0 Å². The third-order valence-electron chi connectivity index (χ3n) is 1.45. The predicted molar refractivity (Wildman–Crippen MR) is 71.2 cm³/mol. The van der Waals surface area contributed by atoms with Crippen LogP contribution in [-0.2, 0) is 9.53 Å². The Morgan fingerprint density at radius 3 is 2.80 bits per heavy atom. The van der Waals surface area contributed by atoms with E-state index in [2.05, 4.69) is 27.6 Å². The normalized spacial score (nSPS) is 9.73. The molecule has 5 heteroatoms. The third-order valence-corrected chi connectivity index (χ3v) is 2.36. The van der Waals surface area contributed by atoms with E-state index in [4.69, 9.17) is 4.74 Å². The summed E-state index contributed by atoms with van der Waals surface area (Å²) in [6.07, 6.45) is 1.20. The van der Waals surface area contributed by atoms with Crippen molar-refractivity contribution in [3.8, 4) is 0 Å². The molecule has 0 unspecified atom stereocenters. The number of carbonyl (C=O) groups is 1. The first kappa shape index (κ1) is 14.4. The highest BCUT2D eigenvalue weighted by Gasteiger charge is 1.97. The standard InChI is InChI=1S/C10H10INO2.ClH/c1-2-14-10(13)7-12-9-6-4-3-5-8(9)11;/h3-7H,2H2,1H3;1H. The maximum Gasteiger partial charge on any atom is 0.349 e. The van der Waals surface area contributed by atoms with Crippen LogP contribution in [0, 0.1) is 3.57 Å². The number of benzene rings is 1. The average Bonchev–Trinajstić information content (AvgIpc) is 2.17. The molecule has 0 N–H and O–H groups in total. The fourth-order valence-corrected chi connectivity index (χ4v) is 1.38. The Morgan fingerprint density at radius 1 is 1.53 bits per heavy atom. The van der Waals surface area contributed by atoms with Gasteiger partial charge in [-0.15, -0.1) is 12.4 Å². The van der Waals surface area contributed by atoms with Gasteiger partial charge in [0.05, 0.1) is 12.3 Å². The number of ether oxygens (including phenoxy) is 1. The first-order valence-corrected chi connectivity index (χ1v) is 5.27. The lowest BCUT2D eigenvalue weighted by molar-refractivity contribution is -0.134. The van der Waals surface area contributed by atoms with Gasteiger partial charge in [-0.2, -0.15) is 0 Å². The lowest BCUT2D eigenvalue weighted by Gasteiger charge is -1.97. The topological polar surface area (TPSA) is 38.7 Å². The molecule has 0 atom stereocenters. The Balaban J connectivity index is 0.00000196. The van der Waals surface area contributed by atoms with E-state index in [0.717, 1.165) is 9.26 Å². The van der Waals surface area contributed by atoms with E-state index in [9.17, 15) is 4.79 Å². The van der Waals surface area contributed by atoms with Gasteiger partial charge < -0.3 is 4.74 Å². The maximum absolute atomic E-state index is 11.0. The monoisotopic (exact) mass is 339 g/mol. The van der Waals surface area contributed by atoms with Gasteiger partial charge in [-0.25, -0.2) is 9.79 Å². The second-order valence-corrected chi connectivity index (χ2v) is 3.62. The van der Waals surface area contributed by atoms with Crippen molar-refractivity contribution in [2.45, 2.75) is 6.92 Å². The summed E-state index contributed by atoms with van der Waals surface area (Å²) in [7, 11) is 0. The van der Waals surface area contributed by atoms with Gasteiger partial charge in [0.15, 0.2) is 0 Å². The van der Waals surface area contributed by atoms with Gasteiger partial charge in [0.2, 0.25) is 0 Å². The smallest absolute Gasteiger partial charge is 0.349 e. The van der Waals surface area contributed by atoms with Crippen LogP contribution in [0.15, 0.2) is 29.3 Å². The summed E-state index contributed by atoms with van der Waals surface area (Å²) in [6.45, 7) is 2.13. The first-order valence-electron chi connectivity index (χ1n) is 4.19. The highest BCUT2D eigenvalue weighted by molar-refractivity contribution is 14.1. The fourth-order valence-electron chi connectivity index (χ4n) is 0.858. The average molecular weight is 340 g/mol. The number of para-hydroxylation sites is 1. The van der Waals surface area contributed by atoms with Gasteiger partial charge in [0.25, 0.3) is 0 Å². The number of carbonyl (C=O) groups excluding carboxylic acids is 1. The lowest BCUT2D eigenvalue weighted by Crippen LogP contribution is -2.04. The van der Waals surface area contributed by atoms with E-state index in [1.165, 1.54) is 6.21 Å². The van der Waals surface area contributed by atoms with Crippen LogP contribution in [-0.4, -0.2) is 18.8 Å². The molecule has 0 saturated carbocycles. The molecule has 0 radical (unpaired) electrons. The van der Waals surface area contributed by atoms with E-state index in [1.54, 1.807) is 6.92 Å². The summed E-state index contributed by atoms with van der Waals surface area (Å²) >= 11 is 2.16. The van der Waals surface area contributed by atoms with E-state index >= 15 is 0 Å². The van der Waals surface area contributed by atoms with Gasteiger partial charge in [0, 0.05) is 3.57 Å². The molecular weight excluding hydrogens is 328 g/mol. The molecule has 1 rings (SSSR count). The SMILES string of the molecule is CCOC(=O)C=Nc1ccccc1I.Cl. The van der Waals surface area contributed by atoms with Crippen molar-refractivity contribution in [2.75, 3.05) is 6.61 Å². The number of rotatable bonds is 3. The van der Waals surface area contributed by atoms with E-state index < -0.39 is 5.97 Å². The molecule has 82 valence electrons. The Labute approximate surface area is 108 Å². The number of nitrogens with zero attached hydrogens (tertiary/aromatic N) is 1.